The van der Waals surface area contributed by atoms with Gasteiger partial charge in [0, 0.05) is 31.7 Å². The highest BCUT2D eigenvalue weighted by molar-refractivity contribution is 5.88. The lowest BCUT2D eigenvalue weighted by molar-refractivity contribution is -0.114. The third-order valence-corrected chi connectivity index (χ3v) is 3.19. The van der Waals surface area contributed by atoms with E-state index in [1.807, 2.05) is 6.92 Å². The Hall–Kier alpha value is -2.84. The van der Waals surface area contributed by atoms with Crippen molar-refractivity contribution < 1.29 is 18.3 Å². The van der Waals surface area contributed by atoms with Crippen LogP contribution in [-0.4, -0.2) is 28.0 Å². The maximum atomic E-state index is 13.6. The number of nitrogens with zero attached hydrogens (tertiary/aromatic N) is 3. The van der Waals surface area contributed by atoms with Crippen molar-refractivity contribution in [3.63, 3.8) is 0 Å². The quantitative estimate of drug-likeness (QED) is 0.830. The van der Waals surface area contributed by atoms with E-state index in [0.717, 1.165) is 6.92 Å². The van der Waals surface area contributed by atoms with E-state index < -0.39 is 11.7 Å². The molecule has 0 fully saturated rings. The molecule has 0 spiro atoms. The summed E-state index contributed by atoms with van der Waals surface area (Å²) >= 11 is 0. The molecule has 0 radical (unpaired) electrons. The van der Waals surface area contributed by atoms with Crippen molar-refractivity contribution in [1.82, 2.24) is 15.0 Å². The Morgan fingerprint density at radius 3 is 2.56 bits per heavy atom. The molecule has 25 heavy (non-hydrogen) atoms. The minimum Gasteiger partial charge on any atom is -0.493 e. The Labute approximate surface area is 143 Å². The molecule has 1 amide bonds. The van der Waals surface area contributed by atoms with E-state index >= 15 is 0 Å². The van der Waals surface area contributed by atoms with Gasteiger partial charge in [0.05, 0.1) is 19.0 Å². The highest BCUT2D eigenvalue weighted by atomic mass is 19.3. The second-order valence-electron chi connectivity index (χ2n) is 5.39. The molecule has 0 aliphatic rings. The molecule has 0 saturated carbocycles. The number of anilines is 3. The van der Waals surface area contributed by atoms with Crippen LogP contribution in [0.25, 0.3) is 0 Å². The lowest BCUT2D eigenvalue weighted by Gasteiger charge is -2.15. The number of aryl methyl sites for hydroxylation is 1. The number of alkyl halides is 2. The fraction of sp³-hybridized carbons (Fsp3) is 0.375. The first-order chi connectivity index (χ1) is 11.7. The Kier molecular flexibility index (Phi) is 5.45. The molecule has 0 aromatic carbocycles. The van der Waals surface area contributed by atoms with E-state index in [4.69, 9.17) is 4.74 Å². The lowest BCUT2D eigenvalue weighted by atomic mass is 10.2. The molecule has 2 N–H and O–H groups in total. The molecule has 2 rings (SSSR count). The Morgan fingerprint density at radius 2 is 2.00 bits per heavy atom. The number of aromatic nitrogens is 3. The number of methoxy groups -OCH3 is 1. The van der Waals surface area contributed by atoms with Crippen LogP contribution >= 0.6 is 0 Å². The second kappa shape index (κ2) is 7.37. The largest absolute Gasteiger partial charge is 0.493 e. The normalized spacial score (nSPS) is 11.1. The summed E-state index contributed by atoms with van der Waals surface area (Å²) in [7, 11) is 1.45. The van der Waals surface area contributed by atoms with Gasteiger partial charge in [0.25, 0.3) is 0 Å². The number of hydrogen-bond donors (Lipinski definition) is 2. The smallest absolute Gasteiger partial charge is 0.303 e. The maximum absolute atomic E-state index is 13.6. The third kappa shape index (κ3) is 4.82. The van der Waals surface area contributed by atoms with Crippen LogP contribution in [0.15, 0.2) is 18.3 Å². The summed E-state index contributed by atoms with van der Waals surface area (Å²) < 4.78 is 32.4. The predicted molar refractivity (Wildman–Crippen MR) is 89.4 cm³/mol. The van der Waals surface area contributed by atoms with E-state index in [2.05, 4.69) is 25.6 Å². The van der Waals surface area contributed by atoms with Crippen molar-refractivity contribution in [2.24, 2.45) is 0 Å². The zero-order chi connectivity index (χ0) is 18.6. The van der Waals surface area contributed by atoms with Crippen molar-refractivity contribution in [1.29, 1.82) is 0 Å². The van der Waals surface area contributed by atoms with Gasteiger partial charge < -0.3 is 15.4 Å². The van der Waals surface area contributed by atoms with Crippen molar-refractivity contribution in [2.45, 2.75) is 33.1 Å². The summed E-state index contributed by atoms with van der Waals surface area (Å²) in [4.78, 5) is 22.9. The molecule has 0 aliphatic heterocycles. The molecule has 2 aromatic heterocycles. The minimum atomic E-state index is -3.16. The zero-order valence-electron chi connectivity index (χ0n) is 14.4. The first-order valence-corrected chi connectivity index (χ1v) is 7.57. The van der Waals surface area contributed by atoms with E-state index in [0.29, 0.717) is 29.4 Å². The number of ether oxygens (including phenoxy) is 1. The first kappa shape index (κ1) is 18.5. The number of nitrogens with one attached hydrogen (secondary N) is 2. The van der Waals surface area contributed by atoms with Crippen LogP contribution in [0.1, 0.15) is 32.3 Å². The number of hydrogen-bond acceptors (Lipinski definition) is 6. The van der Waals surface area contributed by atoms with Gasteiger partial charge in [-0.05, 0) is 6.42 Å². The standard InChI is InChI=1S/C16H19F2N5O2/c1-5-10-6-14(23-15(21-10)16(3,17)18)22-11-7-13(20-9(2)24)19-8-12(11)25-4/h6-8H,5H2,1-4H3,(H2,19,20,21,22,23,24). The van der Waals surface area contributed by atoms with Crippen LogP contribution in [0.3, 0.4) is 0 Å². The van der Waals surface area contributed by atoms with Crippen LogP contribution in [0.5, 0.6) is 5.75 Å². The highest BCUT2D eigenvalue weighted by Gasteiger charge is 2.29. The van der Waals surface area contributed by atoms with E-state index in [1.165, 1.54) is 26.3 Å². The van der Waals surface area contributed by atoms with Crippen LogP contribution in [-0.2, 0) is 17.1 Å². The molecule has 2 aromatic rings. The number of carbonyl (C=O) groups excluding carboxylic acids is 1. The summed E-state index contributed by atoms with van der Waals surface area (Å²) in [6.45, 7) is 3.91. The predicted octanol–water partition coefficient (Wildman–Crippen LogP) is 3.26. The van der Waals surface area contributed by atoms with Gasteiger partial charge in [0.1, 0.15) is 11.6 Å². The highest BCUT2D eigenvalue weighted by Crippen LogP contribution is 2.30. The number of pyridine rings is 1. The van der Waals surface area contributed by atoms with Crippen LogP contribution in [0, 0.1) is 0 Å². The Balaban J connectivity index is 2.42. The molecular weight excluding hydrogens is 332 g/mol. The van der Waals surface area contributed by atoms with Gasteiger partial charge in [0.2, 0.25) is 11.7 Å². The van der Waals surface area contributed by atoms with Gasteiger partial charge in [-0.3, -0.25) is 4.79 Å². The van der Waals surface area contributed by atoms with Gasteiger partial charge in [-0.15, -0.1) is 0 Å². The topological polar surface area (TPSA) is 89.0 Å². The average Bonchev–Trinajstić information content (AvgIpc) is 2.53. The van der Waals surface area contributed by atoms with Crippen LogP contribution in [0.4, 0.5) is 26.1 Å². The van der Waals surface area contributed by atoms with Gasteiger partial charge in [0.15, 0.2) is 5.75 Å². The van der Waals surface area contributed by atoms with Crippen molar-refractivity contribution >= 4 is 23.2 Å². The number of amides is 1. The molecule has 0 unspecified atom stereocenters. The average molecular weight is 351 g/mol. The molecule has 0 saturated heterocycles. The van der Waals surface area contributed by atoms with E-state index in [9.17, 15) is 13.6 Å². The first-order valence-electron chi connectivity index (χ1n) is 7.57. The van der Waals surface area contributed by atoms with E-state index in [-0.39, 0.29) is 11.7 Å². The maximum Gasteiger partial charge on any atom is 0.303 e. The molecule has 9 heteroatoms. The zero-order valence-corrected chi connectivity index (χ0v) is 14.4. The van der Waals surface area contributed by atoms with Crippen LogP contribution < -0.4 is 15.4 Å². The molecule has 0 atom stereocenters. The number of carbonyl (C=O) groups is 1. The second-order valence-corrected chi connectivity index (χ2v) is 5.39. The summed E-state index contributed by atoms with van der Waals surface area (Å²) in [5, 5.41) is 5.47. The van der Waals surface area contributed by atoms with Crippen LogP contribution in [0.2, 0.25) is 0 Å². The van der Waals surface area contributed by atoms with Crippen molar-refractivity contribution in [3.8, 4) is 5.75 Å². The fourth-order valence-corrected chi connectivity index (χ4v) is 2.03. The molecule has 2 heterocycles. The summed E-state index contributed by atoms with van der Waals surface area (Å²) in [5.41, 5.74) is 0.900. The summed E-state index contributed by atoms with van der Waals surface area (Å²) in [6, 6.07) is 3.10. The van der Waals surface area contributed by atoms with Crippen molar-refractivity contribution in [3.05, 3.63) is 29.8 Å². The monoisotopic (exact) mass is 351 g/mol. The number of rotatable bonds is 6. The van der Waals surface area contributed by atoms with E-state index in [1.54, 1.807) is 6.07 Å². The minimum absolute atomic E-state index is 0.196. The molecular formula is C16H19F2N5O2. The molecule has 0 bridgehead atoms. The van der Waals surface area contributed by atoms with Crippen molar-refractivity contribution in [2.75, 3.05) is 17.7 Å². The fourth-order valence-electron chi connectivity index (χ4n) is 2.03. The summed E-state index contributed by atoms with van der Waals surface area (Å²) in [6.07, 6.45) is 1.88. The van der Waals surface area contributed by atoms with Gasteiger partial charge in [-0.25, -0.2) is 15.0 Å². The van der Waals surface area contributed by atoms with Gasteiger partial charge >= 0.3 is 5.92 Å². The lowest BCUT2D eigenvalue weighted by Crippen LogP contribution is -2.15. The number of halogens is 2. The Bertz CT molecular complexity index is 778. The van der Waals surface area contributed by atoms with Gasteiger partial charge in [-0.1, -0.05) is 6.92 Å². The molecule has 0 aliphatic carbocycles. The molecule has 7 nitrogen and oxygen atoms in total. The van der Waals surface area contributed by atoms with Gasteiger partial charge in [-0.2, -0.15) is 8.78 Å². The SMILES string of the molecule is CCc1cc(Nc2cc(NC(C)=O)ncc2OC)nc(C(C)(F)F)n1. The summed E-state index contributed by atoms with van der Waals surface area (Å²) in [5.74, 6) is -3.15. The Morgan fingerprint density at radius 1 is 1.28 bits per heavy atom. The molecule has 134 valence electrons. The third-order valence-electron chi connectivity index (χ3n) is 3.19.